The number of hydrogen-bond donors (Lipinski definition) is 3. The summed E-state index contributed by atoms with van der Waals surface area (Å²) >= 11 is 0. The monoisotopic (exact) mass is 623 g/mol. The van der Waals surface area contributed by atoms with Crippen molar-refractivity contribution in [2.24, 2.45) is 22.2 Å². The van der Waals surface area contributed by atoms with Gasteiger partial charge < -0.3 is 15.3 Å². The number of aliphatic hydroxyl groups excluding tert-OH is 1. The molecule has 0 saturated heterocycles. The van der Waals surface area contributed by atoms with Crippen LogP contribution in [0.5, 0.6) is 0 Å². The summed E-state index contributed by atoms with van der Waals surface area (Å²) in [6, 6.07) is 12.3. The average molecular weight is 624 g/mol. The van der Waals surface area contributed by atoms with Crippen LogP contribution in [0.4, 0.5) is 15.8 Å². The lowest BCUT2D eigenvalue weighted by molar-refractivity contribution is -0.134. The second kappa shape index (κ2) is 9.88. The van der Waals surface area contributed by atoms with Crippen LogP contribution in [0.25, 0.3) is 0 Å². The lowest BCUT2D eigenvalue weighted by Gasteiger charge is -2.44. The zero-order valence-electron chi connectivity index (χ0n) is 22.5. The van der Waals surface area contributed by atoms with Gasteiger partial charge in [0.1, 0.15) is 26.9 Å². The van der Waals surface area contributed by atoms with Gasteiger partial charge in [-0.3, -0.25) is 14.5 Å². The molecule has 1 aromatic heterocycles. The SMILES string of the molecule is O=C1C(C2=NS(=O)(=O)c3cc(NS(=O)(=O)c4cccnc4)ccc3N2)=C(O)[C@@H]2[C@H]3CC[C@@H](C3)[C@@H]2N1Cc1ccc(F)cc1. The summed E-state index contributed by atoms with van der Waals surface area (Å²) in [5.41, 5.74) is 0.543. The summed E-state index contributed by atoms with van der Waals surface area (Å²) in [4.78, 5) is 19.1. The Morgan fingerprint density at radius 2 is 1.86 bits per heavy atom. The number of hydrogen-bond acceptors (Lipinski definition) is 8. The van der Waals surface area contributed by atoms with E-state index >= 15 is 0 Å². The summed E-state index contributed by atoms with van der Waals surface area (Å²) in [7, 11) is -8.46. The predicted octanol–water partition coefficient (Wildman–Crippen LogP) is 3.80. The van der Waals surface area contributed by atoms with Crippen LogP contribution in [0.15, 0.2) is 92.5 Å². The summed E-state index contributed by atoms with van der Waals surface area (Å²) in [5, 5.41) is 14.4. The first-order valence-electron chi connectivity index (χ1n) is 13.7. The fraction of sp³-hybridized carbons (Fsp3) is 0.276. The average Bonchev–Trinajstić information content (AvgIpc) is 3.60. The summed E-state index contributed by atoms with van der Waals surface area (Å²) in [6.07, 6.45) is 5.25. The van der Waals surface area contributed by atoms with Crippen LogP contribution in [0.3, 0.4) is 0 Å². The minimum Gasteiger partial charge on any atom is -0.511 e. The number of benzene rings is 2. The van der Waals surface area contributed by atoms with Gasteiger partial charge in [-0.2, -0.15) is 8.42 Å². The molecule has 2 aliphatic heterocycles. The van der Waals surface area contributed by atoms with E-state index in [-0.39, 0.29) is 68.7 Å². The number of pyridine rings is 1. The van der Waals surface area contributed by atoms with Crippen molar-refractivity contribution < 1.29 is 31.1 Å². The standard InChI is InChI=1S/C29H26FN5O6S2/c30-19-7-3-16(4-8-19)15-35-26-18-6-5-17(12-18)24(26)27(36)25(29(35)37)28-32-22-10-9-20(13-23(22)43(40,41)34-28)33-42(38,39)21-2-1-11-31-14-21/h1-4,7-11,13-14,17-18,24,26,33,36H,5-6,12,15H2,(H,32,34)/t17-,18-,24+,26-/m0/s1. The zero-order valence-corrected chi connectivity index (χ0v) is 24.1. The minimum absolute atomic E-state index is 0.0160. The van der Waals surface area contributed by atoms with E-state index in [0.29, 0.717) is 5.56 Å². The second-order valence-electron chi connectivity index (χ2n) is 11.2. The van der Waals surface area contributed by atoms with E-state index < -0.39 is 31.8 Å². The van der Waals surface area contributed by atoms with Gasteiger partial charge in [-0.25, -0.2) is 12.8 Å². The van der Waals surface area contributed by atoms with Crippen molar-refractivity contribution >= 4 is 43.2 Å². The molecule has 2 saturated carbocycles. The van der Waals surface area contributed by atoms with E-state index in [4.69, 9.17) is 0 Å². The number of rotatable bonds is 6. The van der Waals surface area contributed by atoms with Crippen molar-refractivity contribution in [3.05, 3.63) is 89.7 Å². The number of sulfonamides is 2. The van der Waals surface area contributed by atoms with E-state index in [2.05, 4.69) is 19.4 Å². The van der Waals surface area contributed by atoms with Gasteiger partial charge >= 0.3 is 0 Å². The Morgan fingerprint density at radius 1 is 1.09 bits per heavy atom. The molecule has 2 aliphatic carbocycles. The highest BCUT2D eigenvalue weighted by atomic mass is 32.2. The third-order valence-electron chi connectivity index (χ3n) is 8.70. The molecule has 4 aliphatic rings. The number of aliphatic hydroxyl groups is 1. The molecular formula is C29H26FN5O6S2. The lowest BCUT2D eigenvalue weighted by Crippen LogP contribution is -2.53. The molecule has 2 aromatic carbocycles. The van der Waals surface area contributed by atoms with Crippen LogP contribution in [0.2, 0.25) is 0 Å². The van der Waals surface area contributed by atoms with E-state index in [9.17, 15) is 31.1 Å². The highest BCUT2D eigenvalue weighted by molar-refractivity contribution is 7.92. The van der Waals surface area contributed by atoms with Crippen molar-refractivity contribution in [1.29, 1.82) is 0 Å². The minimum atomic E-state index is -4.42. The van der Waals surface area contributed by atoms with Crippen molar-refractivity contribution in [3.8, 4) is 0 Å². The number of carbonyl (C=O) groups excluding carboxylic acids is 1. The van der Waals surface area contributed by atoms with Crippen LogP contribution in [-0.2, 0) is 31.4 Å². The molecule has 3 N–H and O–H groups in total. The Hall–Kier alpha value is -4.30. The Kier molecular flexibility index (Phi) is 6.32. The number of nitrogens with one attached hydrogen (secondary N) is 2. The number of anilines is 2. The molecule has 0 unspecified atom stereocenters. The van der Waals surface area contributed by atoms with E-state index in [0.717, 1.165) is 31.5 Å². The normalized spacial score (nSPS) is 25.6. The third kappa shape index (κ3) is 4.65. The van der Waals surface area contributed by atoms with Gasteiger partial charge in [-0.05, 0) is 79.1 Å². The van der Waals surface area contributed by atoms with Crippen LogP contribution in [0, 0.1) is 23.6 Å². The van der Waals surface area contributed by atoms with Crippen molar-refractivity contribution in [2.75, 3.05) is 10.0 Å². The van der Waals surface area contributed by atoms with Crippen molar-refractivity contribution in [3.63, 3.8) is 0 Å². The van der Waals surface area contributed by atoms with Gasteiger partial charge in [-0.1, -0.05) is 12.1 Å². The van der Waals surface area contributed by atoms with Gasteiger partial charge in [0.25, 0.3) is 26.0 Å². The quantitative estimate of drug-likeness (QED) is 0.374. The molecule has 2 fully saturated rings. The van der Waals surface area contributed by atoms with Crippen molar-refractivity contribution in [1.82, 2.24) is 9.88 Å². The molecule has 3 heterocycles. The smallest absolute Gasteiger partial charge is 0.286 e. The van der Waals surface area contributed by atoms with Crippen LogP contribution >= 0.6 is 0 Å². The number of carbonyl (C=O) groups is 1. The molecule has 2 bridgehead atoms. The van der Waals surface area contributed by atoms with E-state index in [1.54, 1.807) is 17.0 Å². The van der Waals surface area contributed by atoms with E-state index in [1.807, 2.05) is 0 Å². The maximum atomic E-state index is 14.0. The molecule has 1 amide bonds. The van der Waals surface area contributed by atoms with Gasteiger partial charge in [0.15, 0.2) is 5.84 Å². The summed E-state index contributed by atoms with van der Waals surface area (Å²) < 4.78 is 72.1. The van der Waals surface area contributed by atoms with Crippen LogP contribution < -0.4 is 10.0 Å². The number of amides is 1. The Morgan fingerprint density at radius 3 is 2.60 bits per heavy atom. The largest absolute Gasteiger partial charge is 0.511 e. The maximum Gasteiger partial charge on any atom is 0.286 e. The topological polar surface area (TPSA) is 158 Å². The molecule has 43 heavy (non-hydrogen) atoms. The van der Waals surface area contributed by atoms with Crippen molar-refractivity contribution in [2.45, 2.75) is 41.6 Å². The lowest BCUT2D eigenvalue weighted by atomic mass is 9.77. The van der Waals surface area contributed by atoms with E-state index in [1.165, 1.54) is 42.6 Å². The molecule has 0 spiro atoms. The molecule has 0 radical (unpaired) electrons. The summed E-state index contributed by atoms with van der Waals surface area (Å²) in [6.45, 7) is 0.164. The zero-order chi connectivity index (χ0) is 30.1. The van der Waals surface area contributed by atoms with Gasteiger partial charge in [0, 0.05) is 30.9 Å². The Labute approximate surface area is 247 Å². The predicted molar refractivity (Wildman–Crippen MR) is 154 cm³/mol. The fourth-order valence-corrected chi connectivity index (χ4v) is 9.05. The first-order chi connectivity index (χ1) is 20.5. The molecule has 7 rings (SSSR count). The van der Waals surface area contributed by atoms with Crippen LogP contribution in [0.1, 0.15) is 24.8 Å². The summed E-state index contributed by atoms with van der Waals surface area (Å²) in [5.74, 6) is -1.49. The first kappa shape index (κ1) is 27.5. The second-order valence-corrected chi connectivity index (χ2v) is 14.5. The fourth-order valence-electron chi connectivity index (χ4n) is 6.89. The number of aromatic nitrogens is 1. The molecule has 4 atom stereocenters. The Balaban J connectivity index is 1.24. The number of amidine groups is 1. The first-order valence-corrected chi connectivity index (χ1v) is 16.6. The molecule has 14 heteroatoms. The molecule has 222 valence electrons. The third-order valence-corrected chi connectivity index (χ3v) is 11.4. The number of fused-ring (bicyclic) bond motifs is 6. The highest BCUT2D eigenvalue weighted by Crippen LogP contribution is 2.55. The maximum absolute atomic E-state index is 14.0. The number of halogens is 1. The van der Waals surface area contributed by atoms with Crippen LogP contribution in [-0.4, -0.2) is 49.6 Å². The van der Waals surface area contributed by atoms with Gasteiger partial charge in [0.05, 0.1) is 11.4 Å². The molecule has 3 aromatic rings. The van der Waals surface area contributed by atoms with Gasteiger partial charge in [0.2, 0.25) is 0 Å². The van der Waals surface area contributed by atoms with Gasteiger partial charge in [-0.15, -0.1) is 4.40 Å². The Bertz CT molecular complexity index is 1930. The highest BCUT2D eigenvalue weighted by Gasteiger charge is 2.57. The number of nitrogens with zero attached hydrogens (tertiary/aromatic N) is 3. The molecule has 11 nitrogen and oxygen atoms in total. The molecular weight excluding hydrogens is 597 g/mol.